The second kappa shape index (κ2) is 8.68. The molecule has 0 atom stereocenters. The highest BCUT2D eigenvalue weighted by Crippen LogP contribution is 2.37. The number of nitrogens with zero attached hydrogens (tertiary/aromatic N) is 2. The summed E-state index contributed by atoms with van der Waals surface area (Å²) in [6, 6.07) is 15.3. The van der Waals surface area contributed by atoms with Crippen molar-refractivity contribution in [3.05, 3.63) is 77.6 Å². The van der Waals surface area contributed by atoms with E-state index in [2.05, 4.69) is 15.5 Å². The molecule has 0 aliphatic carbocycles. The lowest BCUT2D eigenvalue weighted by molar-refractivity contribution is 0.296. The molecule has 7 N–H and O–H groups in total. The Morgan fingerprint density at radius 2 is 2.03 bits per heavy atom. The average molecular weight is 420 g/mol. The number of nitrogens with two attached hydrogens (primary N) is 3. The third-order valence-electron chi connectivity index (χ3n) is 4.50. The van der Waals surface area contributed by atoms with Gasteiger partial charge in [-0.05, 0) is 29.1 Å². The summed E-state index contributed by atoms with van der Waals surface area (Å²) >= 11 is 1.60. The number of anilines is 1. The molecule has 0 unspecified atom stereocenters. The Morgan fingerprint density at radius 3 is 2.67 bits per heavy atom. The molecule has 30 heavy (non-hydrogen) atoms. The first-order valence-corrected chi connectivity index (χ1v) is 9.91. The highest BCUT2D eigenvalue weighted by Gasteiger charge is 2.16. The third-order valence-corrected chi connectivity index (χ3v) is 5.39. The summed E-state index contributed by atoms with van der Waals surface area (Å²) in [5.74, 6) is 11.5. The number of nitrogens with one attached hydrogen (secondary N) is 1. The number of hydrazine groups is 1. The first-order chi connectivity index (χ1) is 14.7. The van der Waals surface area contributed by atoms with Gasteiger partial charge in [-0.3, -0.25) is 0 Å². The molecule has 0 radical (unpaired) electrons. The molecular weight excluding hydrogens is 400 g/mol. The van der Waals surface area contributed by atoms with E-state index in [0.717, 1.165) is 32.8 Å². The molecule has 0 amide bonds. The van der Waals surface area contributed by atoms with Crippen LogP contribution in [0.25, 0.3) is 21.7 Å². The Hall–Kier alpha value is -3.82. The Bertz CT molecular complexity index is 1140. The summed E-state index contributed by atoms with van der Waals surface area (Å²) in [6.45, 7) is 0.293. The van der Waals surface area contributed by atoms with Crippen molar-refractivity contribution < 1.29 is 9.15 Å². The van der Waals surface area contributed by atoms with Crippen molar-refractivity contribution in [2.75, 3.05) is 5.73 Å². The van der Waals surface area contributed by atoms with E-state index in [-0.39, 0.29) is 0 Å². The van der Waals surface area contributed by atoms with Crippen molar-refractivity contribution in [2.24, 2.45) is 16.8 Å². The zero-order valence-electron chi connectivity index (χ0n) is 15.9. The molecule has 3 heterocycles. The fourth-order valence-corrected chi connectivity index (χ4v) is 3.64. The van der Waals surface area contributed by atoms with Gasteiger partial charge >= 0.3 is 0 Å². The number of amidine groups is 1. The van der Waals surface area contributed by atoms with Crippen LogP contribution in [0.5, 0.6) is 5.88 Å². The van der Waals surface area contributed by atoms with Crippen molar-refractivity contribution in [3.63, 3.8) is 0 Å². The minimum absolute atomic E-state index is 0.293. The zero-order valence-corrected chi connectivity index (χ0v) is 16.7. The molecule has 0 fully saturated rings. The lowest BCUT2D eigenvalue weighted by Crippen LogP contribution is -2.32. The summed E-state index contributed by atoms with van der Waals surface area (Å²) in [5.41, 5.74) is 13.5. The van der Waals surface area contributed by atoms with Gasteiger partial charge in [0.25, 0.3) is 0 Å². The molecule has 0 aliphatic heterocycles. The van der Waals surface area contributed by atoms with Gasteiger partial charge in [-0.2, -0.15) is 5.10 Å². The average Bonchev–Trinajstić information content (AvgIpc) is 3.49. The number of thiophene rings is 1. The van der Waals surface area contributed by atoms with Gasteiger partial charge in [0.05, 0.1) is 23.1 Å². The van der Waals surface area contributed by atoms with Gasteiger partial charge in [0.2, 0.25) is 5.88 Å². The fourth-order valence-electron chi connectivity index (χ4n) is 2.95. The molecule has 1 aromatic carbocycles. The number of aromatic nitrogens is 1. The quantitative estimate of drug-likeness (QED) is 0.162. The van der Waals surface area contributed by atoms with Crippen molar-refractivity contribution in [3.8, 4) is 27.6 Å². The SMILES string of the molecule is N/N=C(\NN)c1ccc(COc2nc(-c3cccs3)cc(-c3ccoc3)c2N)cc1. The Balaban J connectivity index is 1.62. The molecule has 0 aliphatic rings. The van der Waals surface area contributed by atoms with E-state index in [1.54, 1.807) is 23.9 Å². The summed E-state index contributed by atoms with van der Waals surface area (Å²) in [7, 11) is 0. The van der Waals surface area contributed by atoms with E-state index >= 15 is 0 Å². The van der Waals surface area contributed by atoms with Crippen molar-refractivity contribution in [1.29, 1.82) is 0 Å². The maximum absolute atomic E-state index is 6.38. The number of hydrogen-bond donors (Lipinski definition) is 4. The predicted molar refractivity (Wildman–Crippen MR) is 118 cm³/mol. The summed E-state index contributed by atoms with van der Waals surface area (Å²) in [5, 5.41) is 5.60. The van der Waals surface area contributed by atoms with Gasteiger partial charge in [0, 0.05) is 16.7 Å². The highest BCUT2D eigenvalue weighted by molar-refractivity contribution is 7.13. The van der Waals surface area contributed by atoms with E-state index in [4.69, 9.17) is 26.6 Å². The smallest absolute Gasteiger partial charge is 0.238 e. The number of furan rings is 1. The summed E-state index contributed by atoms with van der Waals surface area (Å²) in [4.78, 5) is 5.67. The van der Waals surface area contributed by atoms with E-state index in [1.807, 2.05) is 53.9 Å². The van der Waals surface area contributed by atoms with Crippen molar-refractivity contribution >= 4 is 22.9 Å². The number of hydrogen-bond acceptors (Lipinski definition) is 8. The first-order valence-electron chi connectivity index (χ1n) is 9.03. The van der Waals surface area contributed by atoms with Crippen LogP contribution in [-0.4, -0.2) is 10.8 Å². The second-order valence-corrected chi connectivity index (χ2v) is 7.32. The maximum Gasteiger partial charge on any atom is 0.238 e. The molecule has 9 heteroatoms. The van der Waals surface area contributed by atoms with Crippen molar-refractivity contribution in [1.82, 2.24) is 10.4 Å². The van der Waals surface area contributed by atoms with Gasteiger partial charge in [0.1, 0.15) is 12.3 Å². The van der Waals surface area contributed by atoms with Crippen LogP contribution in [0.3, 0.4) is 0 Å². The van der Waals surface area contributed by atoms with E-state index < -0.39 is 0 Å². The topological polar surface area (TPSA) is 138 Å². The number of rotatable bonds is 6. The zero-order chi connectivity index (χ0) is 20.9. The van der Waals surface area contributed by atoms with Gasteiger partial charge in [-0.25, -0.2) is 10.8 Å². The van der Waals surface area contributed by atoms with Crippen LogP contribution in [-0.2, 0) is 6.61 Å². The Morgan fingerprint density at radius 1 is 1.20 bits per heavy atom. The fraction of sp³-hybridized carbons (Fsp3) is 0.0476. The molecule has 0 saturated heterocycles. The van der Waals surface area contributed by atoms with Crippen LogP contribution in [0.4, 0.5) is 5.69 Å². The summed E-state index contributed by atoms with van der Waals surface area (Å²) < 4.78 is 11.2. The van der Waals surface area contributed by atoms with Gasteiger partial charge in [-0.15, -0.1) is 11.3 Å². The molecule has 0 bridgehead atoms. The van der Waals surface area contributed by atoms with E-state index in [9.17, 15) is 0 Å². The van der Waals surface area contributed by atoms with Gasteiger partial charge in [-0.1, -0.05) is 30.3 Å². The van der Waals surface area contributed by atoms with Crippen LogP contribution >= 0.6 is 11.3 Å². The molecule has 0 saturated carbocycles. The molecule has 3 aromatic heterocycles. The Kier molecular flexibility index (Phi) is 5.64. The van der Waals surface area contributed by atoms with Crippen LogP contribution in [0.2, 0.25) is 0 Å². The van der Waals surface area contributed by atoms with Crippen LogP contribution in [0.1, 0.15) is 11.1 Å². The van der Waals surface area contributed by atoms with Gasteiger partial charge < -0.3 is 26.2 Å². The minimum atomic E-state index is 0.293. The number of benzene rings is 1. The molecule has 8 nitrogen and oxygen atoms in total. The van der Waals surface area contributed by atoms with Crippen LogP contribution < -0.4 is 27.6 Å². The largest absolute Gasteiger partial charge is 0.472 e. The third kappa shape index (κ3) is 3.97. The van der Waals surface area contributed by atoms with Crippen LogP contribution in [0, 0.1) is 0 Å². The number of ether oxygens (including phenoxy) is 1. The summed E-state index contributed by atoms with van der Waals surface area (Å²) in [6.07, 6.45) is 3.26. The molecule has 152 valence electrons. The number of pyridine rings is 1. The maximum atomic E-state index is 6.38. The number of nitrogen functional groups attached to an aromatic ring is 1. The van der Waals surface area contributed by atoms with Gasteiger partial charge in [0.15, 0.2) is 5.84 Å². The second-order valence-electron chi connectivity index (χ2n) is 6.37. The molecule has 0 spiro atoms. The first kappa shape index (κ1) is 19.5. The highest BCUT2D eigenvalue weighted by atomic mass is 32.1. The van der Waals surface area contributed by atoms with E-state index in [0.29, 0.717) is 24.0 Å². The minimum Gasteiger partial charge on any atom is -0.472 e. The molecule has 4 rings (SSSR count). The lowest BCUT2D eigenvalue weighted by Gasteiger charge is -2.13. The Labute approximate surface area is 177 Å². The standard InChI is InChI=1S/C21H20N6O2S/c22-19-16(15-7-8-28-12-15)10-17(18-2-1-9-30-18)25-21(19)29-11-13-3-5-14(6-4-13)20(26-23)27-24/h1-10,12H,11,22-24H2,(H,26,27). The molecular formula is C21H20N6O2S. The number of hydrazone groups is 1. The molecule has 4 aromatic rings. The predicted octanol–water partition coefficient (Wildman–Crippen LogP) is 3.31. The normalized spacial score (nSPS) is 11.4. The lowest BCUT2D eigenvalue weighted by atomic mass is 10.1. The monoisotopic (exact) mass is 420 g/mol. The van der Waals surface area contributed by atoms with E-state index in [1.165, 1.54) is 0 Å². The van der Waals surface area contributed by atoms with Crippen LogP contribution in [0.15, 0.2) is 76.0 Å². The van der Waals surface area contributed by atoms with Crippen molar-refractivity contribution in [2.45, 2.75) is 6.61 Å².